The second-order valence-electron chi connectivity index (χ2n) is 7.30. The number of amides is 2. The number of anilines is 3. The molecule has 2 aromatic rings. The third kappa shape index (κ3) is 3.19. The van der Waals surface area contributed by atoms with Gasteiger partial charge in [-0.2, -0.15) is 0 Å². The molecule has 1 aromatic heterocycles. The zero-order valence-corrected chi connectivity index (χ0v) is 16.7. The summed E-state index contributed by atoms with van der Waals surface area (Å²) in [6, 6.07) is 7.51. The predicted molar refractivity (Wildman–Crippen MR) is 110 cm³/mol. The summed E-state index contributed by atoms with van der Waals surface area (Å²) in [7, 11) is 2.10. The summed E-state index contributed by atoms with van der Waals surface area (Å²) in [4.78, 5) is 31.1. The van der Waals surface area contributed by atoms with Crippen LogP contribution in [0.4, 0.5) is 17.1 Å². The van der Waals surface area contributed by atoms with E-state index in [1.165, 1.54) is 22.5 Å². The van der Waals surface area contributed by atoms with Crippen molar-refractivity contribution in [3.05, 3.63) is 51.2 Å². The van der Waals surface area contributed by atoms with Gasteiger partial charge < -0.3 is 10.2 Å². The summed E-state index contributed by atoms with van der Waals surface area (Å²) in [6.45, 7) is 5.91. The van der Waals surface area contributed by atoms with Crippen molar-refractivity contribution in [2.75, 3.05) is 30.4 Å². The first-order chi connectivity index (χ1) is 13.0. The molecule has 2 amide bonds. The van der Waals surface area contributed by atoms with Gasteiger partial charge in [0.05, 0.1) is 22.6 Å². The molecule has 4 rings (SSSR count). The number of para-hydroxylation sites is 2. The molecular formula is C21H23N3O2S. The molecule has 0 spiro atoms. The van der Waals surface area contributed by atoms with Crippen molar-refractivity contribution in [2.24, 2.45) is 0 Å². The fourth-order valence-electron chi connectivity index (χ4n) is 3.88. The fourth-order valence-corrected chi connectivity index (χ4v) is 4.70. The molecule has 5 nitrogen and oxygen atoms in total. The lowest BCUT2D eigenvalue weighted by molar-refractivity contribution is -0.117. The Balaban J connectivity index is 1.77. The van der Waals surface area contributed by atoms with E-state index in [1.807, 2.05) is 36.6 Å². The molecular weight excluding hydrogens is 358 g/mol. The lowest BCUT2D eigenvalue weighted by Gasteiger charge is -2.28. The van der Waals surface area contributed by atoms with E-state index in [1.54, 1.807) is 4.90 Å². The Kier molecular flexibility index (Phi) is 4.61. The number of benzene rings is 1. The second-order valence-corrected chi connectivity index (χ2v) is 8.38. The Morgan fingerprint density at radius 3 is 2.78 bits per heavy atom. The molecule has 1 N–H and O–H groups in total. The zero-order chi connectivity index (χ0) is 19.1. The summed E-state index contributed by atoms with van der Waals surface area (Å²) in [5.74, 6) is -0.141. The maximum absolute atomic E-state index is 13.4. The topological polar surface area (TPSA) is 52.7 Å². The first kappa shape index (κ1) is 17.9. The van der Waals surface area contributed by atoms with Gasteiger partial charge in [-0.1, -0.05) is 23.3 Å². The third-order valence-corrected chi connectivity index (χ3v) is 6.24. The molecule has 140 valence electrons. The van der Waals surface area contributed by atoms with Crippen molar-refractivity contribution in [1.29, 1.82) is 0 Å². The van der Waals surface area contributed by atoms with Gasteiger partial charge in [0.1, 0.15) is 0 Å². The summed E-state index contributed by atoms with van der Waals surface area (Å²) < 4.78 is 0. The maximum atomic E-state index is 13.4. The van der Waals surface area contributed by atoms with Gasteiger partial charge in [-0.25, -0.2) is 0 Å². The van der Waals surface area contributed by atoms with Gasteiger partial charge in [0.2, 0.25) is 5.91 Å². The van der Waals surface area contributed by atoms with Gasteiger partial charge in [0, 0.05) is 29.8 Å². The van der Waals surface area contributed by atoms with Crippen LogP contribution in [0.15, 0.2) is 40.8 Å². The first-order valence-electron chi connectivity index (χ1n) is 9.13. The van der Waals surface area contributed by atoms with Crippen molar-refractivity contribution in [3.8, 4) is 0 Å². The first-order valence-corrected chi connectivity index (χ1v) is 10.0. The summed E-state index contributed by atoms with van der Waals surface area (Å²) in [6.07, 6.45) is 1.30. The number of nitrogens with one attached hydrogen (secondary N) is 1. The van der Waals surface area contributed by atoms with Gasteiger partial charge in [-0.3, -0.25) is 14.5 Å². The summed E-state index contributed by atoms with van der Waals surface area (Å²) in [5.41, 5.74) is 5.18. The number of likely N-dealkylation sites (N-methyl/N-ethyl adjacent to an activating group) is 1. The molecule has 0 bridgehead atoms. The molecule has 6 heteroatoms. The van der Waals surface area contributed by atoms with E-state index in [4.69, 9.17) is 0 Å². The number of hydrogen-bond acceptors (Lipinski definition) is 4. The van der Waals surface area contributed by atoms with E-state index >= 15 is 0 Å². The van der Waals surface area contributed by atoms with Crippen LogP contribution in [-0.2, 0) is 4.79 Å². The van der Waals surface area contributed by atoms with Crippen molar-refractivity contribution in [2.45, 2.75) is 26.7 Å². The van der Waals surface area contributed by atoms with Crippen LogP contribution in [0, 0.1) is 6.92 Å². The quantitative estimate of drug-likeness (QED) is 0.788. The molecule has 0 atom stereocenters. The standard InChI is InChI=1S/C21H23N3O2S/c1-13-11-23(3)9-8-15(13)10-19(25)24-17-7-5-4-6-16(17)22-21(26)20-14(2)27-12-18(20)24/h4-7,12H,8-11H2,1-3H3,(H,22,26). The number of fused-ring (bicyclic) bond motifs is 2. The molecule has 0 radical (unpaired) electrons. The third-order valence-electron chi connectivity index (χ3n) is 5.34. The fraction of sp³-hybridized carbons (Fsp3) is 0.333. The molecule has 0 saturated heterocycles. The Bertz CT molecular complexity index is 960. The van der Waals surface area contributed by atoms with Crippen molar-refractivity contribution < 1.29 is 9.59 Å². The van der Waals surface area contributed by atoms with Gasteiger partial charge in [-0.15, -0.1) is 11.3 Å². The number of carbonyl (C=O) groups excluding carboxylic acids is 2. The van der Waals surface area contributed by atoms with E-state index in [0.29, 0.717) is 23.4 Å². The molecule has 0 fully saturated rings. The van der Waals surface area contributed by atoms with Gasteiger partial charge in [-0.05, 0) is 39.4 Å². The van der Waals surface area contributed by atoms with E-state index in [-0.39, 0.29) is 11.8 Å². The largest absolute Gasteiger partial charge is 0.320 e. The number of hydrogen-bond donors (Lipinski definition) is 1. The van der Waals surface area contributed by atoms with Gasteiger partial charge in [0.15, 0.2) is 0 Å². The smallest absolute Gasteiger partial charge is 0.258 e. The van der Waals surface area contributed by atoms with Crippen LogP contribution < -0.4 is 10.2 Å². The average molecular weight is 382 g/mol. The molecule has 27 heavy (non-hydrogen) atoms. The average Bonchev–Trinajstić information content (AvgIpc) is 2.94. The SMILES string of the molecule is CC1=C(CC(=O)N2c3ccccc3NC(=O)c3c2csc3C)CCN(C)C1. The highest BCUT2D eigenvalue weighted by molar-refractivity contribution is 7.10. The van der Waals surface area contributed by atoms with E-state index in [0.717, 1.165) is 30.1 Å². The van der Waals surface area contributed by atoms with Crippen LogP contribution in [0.25, 0.3) is 0 Å². The number of nitrogens with zero attached hydrogens (tertiary/aromatic N) is 2. The van der Waals surface area contributed by atoms with Crippen LogP contribution in [0.2, 0.25) is 0 Å². The lowest BCUT2D eigenvalue weighted by atomic mass is 9.97. The highest BCUT2D eigenvalue weighted by atomic mass is 32.1. The predicted octanol–water partition coefficient (Wildman–Crippen LogP) is 4.33. The Labute approximate surface area is 163 Å². The highest BCUT2D eigenvalue weighted by Gasteiger charge is 2.32. The number of carbonyl (C=O) groups is 2. The van der Waals surface area contributed by atoms with Crippen molar-refractivity contribution in [1.82, 2.24) is 4.90 Å². The van der Waals surface area contributed by atoms with Crippen LogP contribution >= 0.6 is 11.3 Å². The van der Waals surface area contributed by atoms with Crippen LogP contribution in [0.5, 0.6) is 0 Å². The second kappa shape index (κ2) is 6.94. The Morgan fingerprint density at radius 2 is 2.00 bits per heavy atom. The normalized spacial score (nSPS) is 17.3. The summed E-state index contributed by atoms with van der Waals surface area (Å²) in [5, 5.41) is 4.88. The highest BCUT2D eigenvalue weighted by Crippen LogP contribution is 2.42. The molecule has 2 aliphatic rings. The molecule has 0 unspecified atom stereocenters. The number of rotatable bonds is 2. The maximum Gasteiger partial charge on any atom is 0.258 e. The molecule has 2 aliphatic heterocycles. The Morgan fingerprint density at radius 1 is 1.22 bits per heavy atom. The molecule has 0 aliphatic carbocycles. The van der Waals surface area contributed by atoms with Gasteiger partial charge >= 0.3 is 0 Å². The minimum absolute atomic E-state index is 0.0110. The summed E-state index contributed by atoms with van der Waals surface area (Å²) >= 11 is 1.50. The molecule has 3 heterocycles. The minimum Gasteiger partial charge on any atom is -0.320 e. The van der Waals surface area contributed by atoms with E-state index in [9.17, 15) is 9.59 Å². The van der Waals surface area contributed by atoms with Crippen LogP contribution in [0.3, 0.4) is 0 Å². The lowest BCUT2D eigenvalue weighted by Crippen LogP contribution is -2.31. The van der Waals surface area contributed by atoms with Crippen molar-refractivity contribution >= 4 is 40.2 Å². The van der Waals surface area contributed by atoms with Crippen LogP contribution in [-0.4, -0.2) is 36.9 Å². The monoisotopic (exact) mass is 381 g/mol. The zero-order valence-electron chi connectivity index (χ0n) is 15.8. The Hall–Kier alpha value is -2.44. The molecule has 0 saturated carbocycles. The van der Waals surface area contributed by atoms with E-state index in [2.05, 4.69) is 24.2 Å². The minimum atomic E-state index is -0.152. The van der Waals surface area contributed by atoms with Gasteiger partial charge in [0.25, 0.3) is 5.91 Å². The van der Waals surface area contributed by atoms with Crippen LogP contribution in [0.1, 0.15) is 35.0 Å². The van der Waals surface area contributed by atoms with E-state index < -0.39 is 0 Å². The number of thiophene rings is 1. The number of aryl methyl sites for hydroxylation is 1. The molecule has 1 aromatic carbocycles. The van der Waals surface area contributed by atoms with Crippen molar-refractivity contribution in [3.63, 3.8) is 0 Å².